The van der Waals surface area contributed by atoms with Gasteiger partial charge in [-0.1, -0.05) is 23.7 Å². The van der Waals surface area contributed by atoms with E-state index in [1.807, 2.05) is 0 Å². The number of hydrogen-bond donors (Lipinski definition) is 1. The minimum absolute atomic E-state index is 0.154. The molecule has 1 aliphatic rings. The van der Waals surface area contributed by atoms with Crippen LogP contribution >= 0.6 is 0 Å². The Morgan fingerprint density at radius 3 is 2.48 bits per heavy atom. The fraction of sp³-hybridized carbons (Fsp3) is 0.412. The van der Waals surface area contributed by atoms with Gasteiger partial charge < -0.3 is 9.84 Å². The van der Waals surface area contributed by atoms with Crippen molar-refractivity contribution in [3.63, 3.8) is 0 Å². The molecule has 134 valence electrons. The lowest BCUT2D eigenvalue weighted by Gasteiger charge is -2.25. The summed E-state index contributed by atoms with van der Waals surface area (Å²) in [5, 5.41) is 6.39. The predicted octanol–water partition coefficient (Wildman–Crippen LogP) is 2.09. The van der Waals surface area contributed by atoms with Crippen LogP contribution in [0.15, 0.2) is 39.8 Å². The zero-order valence-electron chi connectivity index (χ0n) is 14.1. The van der Waals surface area contributed by atoms with Gasteiger partial charge in [0.05, 0.1) is 10.6 Å². The molecular formula is C17H21N3O4S. The zero-order valence-corrected chi connectivity index (χ0v) is 14.9. The molecule has 0 bridgehead atoms. The molecule has 1 aromatic heterocycles. The van der Waals surface area contributed by atoms with Crippen LogP contribution in [0.4, 0.5) is 0 Å². The van der Waals surface area contributed by atoms with Gasteiger partial charge in [0, 0.05) is 25.7 Å². The van der Waals surface area contributed by atoms with E-state index in [-0.39, 0.29) is 23.1 Å². The van der Waals surface area contributed by atoms with E-state index in [0.29, 0.717) is 18.8 Å². The fourth-order valence-electron chi connectivity index (χ4n) is 2.77. The van der Waals surface area contributed by atoms with E-state index in [1.54, 1.807) is 41.6 Å². The number of sulfonamides is 1. The Balaban J connectivity index is 1.63. The molecule has 0 aliphatic carbocycles. The third-order valence-electron chi connectivity index (χ3n) is 4.18. The fourth-order valence-corrected chi connectivity index (χ4v) is 4.29. The first-order valence-corrected chi connectivity index (χ1v) is 9.71. The Morgan fingerprint density at radius 1 is 1.20 bits per heavy atom. The Kier molecular flexibility index (Phi) is 5.19. The summed E-state index contributed by atoms with van der Waals surface area (Å²) in [4.78, 5) is 12.2. The minimum atomic E-state index is -3.43. The second-order valence-electron chi connectivity index (χ2n) is 6.12. The molecule has 3 rings (SSSR count). The van der Waals surface area contributed by atoms with Crippen LogP contribution in [-0.4, -0.2) is 36.9 Å². The Hall–Kier alpha value is -2.19. The van der Waals surface area contributed by atoms with E-state index in [1.165, 1.54) is 0 Å². The van der Waals surface area contributed by atoms with Gasteiger partial charge in [0.25, 0.3) is 5.91 Å². The van der Waals surface area contributed by atoms with Gasteiger partial charge in [0.2, 0.25) is 15.8 Å². The average molecular weight is 363 g/mol. The third kappa shape index (κ3) is 4.08. The first kappa shape index (κ1) is 17.6. The van der Waals surface area contributed by atoms with Crippen LogP contribution in [0.25, 0.3) is 0 Å². The largest absolute Gasteiger partial charge is 0.351 e. The summed E-state index contributed by atoms with van der Waals surface area (Å²) in [6.07, 6.45) is 2.89. The van der Waals surface area contributed by atoms with Crippen LogP contribution in [0.5, 0.6) is 0 Å². The van der Waals surface area contributed by atoms with Gasteiger partial charge in [0.15, 0.2) is 0 Å². The van der Waals surface area contributed by atoms with Crippen LogP contribution in [-0.2, 0) is 16.6 Å². The molecular weight excluding hydrogens is 342 g/mol. The molecule has 0 radical (unpaired) electrons. The highest BCUT2D eigenvalue weighted by Crippen LogP contribution is 2.20. The summed E-state index contributed by atoms with van der Waals surface area (Å²) in [5.41, 5.74) is 1.44. The van der Waals surface area contributed by atoms with Crippen LogP contribution in [0, 0.1) is 6.92 Å². The average Bonchev–Trinajstić information content (AvgIpc) is 3.07. The van der Waals surface area contributed by atoms with Crippen molar-refractivity contribution >= 4 is 15.9 Å². The number of rotatable bonds is 5. The summed E-state index contributed by atoms with van der Waals surface area (Å²) >= 11 is 0. The number of hydrogen-bond acceptors (Lipinski definition) is 5. The summed E-state index contributed by atoms with van der Waals surface area (Å²) in [6.45, 7) is 3.18. The maximum atomic E-state index is 12.6. The maximum Gasteiger partial charge on any atom is 0.290 e. The molecule has 7 nitrogen and oxygen atoms in total. The van der Waals surface area contributed by atoms with Crippen molar-refractivity contribution in [3.05, 3.63) is 47.3 Å². The monoisotopic (exact) mass is 363 g/mol. The molecule has 1 fully saturated rings. The molecule has 0 atom stereocenters. The standard InChI is InChI=1S/C17H21N3O4S/c1-13-11-16(24-19-13)17(21)18-12-14-5-7-15(8-6-14)25(22,23)20-9-3-2-4-10-20/h5-8,11H,2-4,9-10,12H2,1H3,(H,18,21). The second kappa shape index (κ2) is 7.37. The number of nitrogens with zero attached hydrogens (tertiary/aromatic N) is 2. The number of carbonyl (C=O) groups excluding carboxylic acids is 1. The topological polar surface area (TPSA) is 92.5 Å². The molecule has 0 spiro atoms. The first-order valence-electron chi connectivity index (χ1n) is 8.27. The van der Waals surface area contributed by atoms with E-state index in [4.69, 9.17) is 4.52 Å². The first-order chi connectivity index (χ1) is 12.0. The maximum absolute atomic E-state index is 12.6. The molecule has 2 heterocycles. The number of amides is 1. The summed E-state index contributed by atoms with van der Waals surface area (Å²) < 4.78 is 31.6. The van der Waals surface area contributed by atoms with E-state index >= 15 is 0 Å². The molecule has 1 aromatic carbocycles. The van der Waals surface area contributed by atoms with E-state index in [9.17, 15) is 13.2 Å². The molecule has 1 N–H and O–H groups in total. The zero-order chi connectivity index (χ0) is 17.9. The summed E-state index contributed by atoms with van der Waals surface area (Å²) in [7, 11) is -3.43. The van der Waals surface area contributed by atoms with Gasteiger partial charge in [-0.2, -0.15) is 4.31 Å². The lowest BCUT2D eigenvalue weighted by molar-refractivity contribution is 0.0914. The summed E-state index contributed by atoms with van der Waals surface area (Å²) in [6, 6.07) is 8.16. The van der Waals surface area contributed by atoms with Gasteiger partial charge >= 0.3 is 0 Å². The highest BCUT2D eigenvalue weighted by atomic mass is 32.2. The molecule has 1 saturated heterocycles. The van der Waals surface area contributed by atoms with Crippen molar-refractivity contribution < 1.29 is 17.7 Å². The van der Waals surface area contributed by atoms with Crippen molar-refractivity contribution in [2.24, 2.45) is 0 Å². The number of aromatic nitrogens is 1. The van der Waals surface area contributed by atoms with Crippen LogP contribution in [0.3, 0.4) is 0 Å². The van der Waals surface area contributed by atoms with Gasteiger partial charge in [-0.15, -0.1) is 0 Å². The molecule has 0 unspecified atom stereocenters. The highest BCUT2D eigenvalue weighted by molar-refractivity contribution is 7.89. The molecule has 2 aromatic rings. The van der Waals surface area contributed by atoms with Gasteiger partial charge in [0.1, 0.15) is 0 Å². The number of nitrogens with one attached hydrogen (secondary N) is 1. The minimum Gasteiger partial charge on any atom is -0.351 e. The van der Waals surface area contributed by atoms with Crippen molar-refractivity contribution in [1.82, 2.24) is 14.8 Å². The van der Waals surface area contributed by atoms with Gasteiger partial charge in [-0.05, 0) is 37.5 Å². The normalized spacial score (nSPS) is 15.9. The van der Waals surface area contributed by atoms with Crippen LogP contribution < -0.4 is 5.32 Å². The molecule has 0 saturated carbocycles. The summed E-state index contributed by atoms with van der Waals surface area (Å²) in [5.74, 6) is -0.201. The van der Waals surface area contributed by atoms with Gasteiger partial charge in [-0.25, -0.2) is 8.42 Å². The SMILES string of the molecule is Cc1cc(C(=O)NCc2ccc(S(=O)(=O)N3CCCCC3)cc2)on1. The van der Waals surface area contributed by atoms with E-state index < -0.39 is 10.0 Å². The number of aryl methyl sites for hydroxylation is 1. The van der Waals surface area contributed by atoms with Gasteiger partial charge in [-0.3, -0.25) is 4.79 Å². The smallest absolute Gasteiger partial charge is 0.290 e. The van der Waals surface area contributed by atoms with Crippen molar-refractivity contribution in [3.8, 4) is 0 Å². The Morgan fingerprint density at radius 2 is 1.88 bits per heavy atom. The van der Waals surface area contributed by atoms with Crippen molar-refractivity contribution in [1.29, 1.82) is 0 Å². The number of benzene rings is 1. The van der Waals surface area contributed by atoms with Crippen molar-refractivity contribution in [2.45, 2.75) is 37.6 Å². The lowest BCUT2D eigenvalue weighted by atomic mass is 10.2. The molecule has 1 aliphatic heterocycles. The van der Waals surface area contributed by atoms with Crippen molar-refractivity contribution in [2.75, 3.05) is 13.1 Å². The third-order valence-corrected chi connectivity index (χ3v) is 6.09. The Bertz CT molecular complexity index is 837. The molecule has 25 heavy (non-hydrogen) atoms. The van der Waals surface area contributed by atoms with Crippen LogP contribution in [0.1, 0.15) is 41.1 Å². The van der Waals surface area contributed by atoms with E-state index in [0.717, 1.165) is 24.8 Å². The second-order valence-corrected chi connectivity index (χ2v) is 8.06. The number of carbonyl (C=O) groups is 1. The Labute approximate surface area is 147 Å². The van der Waals surface area contributed by atoms with E-state index in [2.05, 4.69) is 10.5 Å². The van der Waals surface area contributed by atoms with Crippen LogP contribution in [0.2, 0.25) is 0 Å². The highest BCUT2D eigenvalue weighted by Gasteiger charge is 2.25. The molecule has 1 amide bonds. The number of piperidine rings is 1. The predicted molar refractivity (Wildman–Crippen MR) is 91.5 cm³/mol. The molecule has 8 heteroatoms. The quantitative estimate of drug-likeness (QED) is 0.878. The lowest BCUT2D eigenvalue weighted by Crippen LogP contribution is -2.35.